The van der Waals surface area contributed by atoms with Crippen molar-refractivity contribution in [1.29, 1.82) is 0 Å². The van der Waals surface area contributed by atoms with Crippen LogP contribution in [0.15, 0.2) is 15.9 Å². The lowest BCUT2D eigenvalue weighted by molar-refractivity contribution is 0.00578. The molecular formula is C11H17BBrNO2S. The quantitative estimate of drug-likeness (QED) is 0.852. The number of hydrogen-bond donors (Lipinski definition) is 1. The van der Waals surface area contributed by atoms with Crippen molar-refractivity contribution in [2.45, 2.75) is 44.8 Å². The van der Waals surface area contributed by atoms with Crippen LogP contribution in [0.3, 0.4) is 0 Å². The number of thiophene rings is 1. The van der Waals surface area contributed by atoms with Crippen molar-refractivity contribution in [2.75, 3.05) is 0 Å². The van der Waals surface area contributed by atoms with E-state index in [4.69, 9.17) is 15.0 Å². The molecule has 1 aromatic rings. The summed E-state index contributed by atoms with van der Waals surface area (Å²) < 4.78 is 12.9. The van der Waals surface area contributed by atoms with Crippen LogP contribution in [0.1, 0.15) is 38.5 Å². The summed E-state index contributed by atoms with van der Waals surface area (Å²) in [5, 5.41) is 2.00. The maximum absolute atomic E-state index is 6.22. The molecule has 17 heavy (non-hydrogen) atoms. The largest absolute Gasteiger partial charge is 0.481 e. The smallest absolute Gasteiger partial charge is 0.402 e. The zero-order chi connectivity index (χ0) is 12.8. The standard InChI is InChI=1S/C11H17BBrNO2S/c1-10(2)11(3,4)16-12(15-10)9(14)8-7(13)5-6-17-8/h5-6,9H,14H2,1-4H3/t9-/m0/s1. The van der Waals surface area contributed by atoms with Crippen molar-refractivity contribution in [3.05, 3.63) is 20.8 Å². The predicted octanol–water partition coefficient (Wildman–Crippen LogP) is 3.14. The van der Waals surface area contributed by atoms with E-state index < -0.39 is 7.12 Å². The highest BCUT2D eigenvalue weighted by Gasteiger charge is 2.53. The molecule has 2 N–H and O–H groups in total. The third-order valence-corrected chi connectivity index (χ3v) is 5.48. The van der Waals surface area contributed by atoms with Crippen LogP contribution in [0, 0.1) is 0 Å². The van der Waals surface area contributed by atoms with E-state index in [2.05, 4.69) is 15.9 Å². The number of hydrogen-bond acceptors (Lipinski definition) is 4. The number of rotatable bonds is 2. The first kappa shape index (κ1) is 13.6. The minimum atomic E-state index is -0.394. The van der Waals surface area contributed by atoms with E-state index >= 15 is 0 Å². The first-order valence-corrected chi connectivity index (χ1v) is 7.26. The van der Waals surface area contributed by atoms with Crippen LogP contribution in [-0.4, -0.2) is 18.3 Å². The molecule has 2 heterocycles. The van der Waals surface area contributed by atoms with E-state index in [1.165, 1.54) is 0 Å². The highest BCUT2D eigenvalue weighted by Crippen LogP contribution is 2.41. The van der Waals surface area contributed by atoms with Crippen LogP contribution in [-0.2, 0) is 9.31 Å². The lowest BCUT2D eigenvalue weighted by atomic mass is 9.78. The van der Waals surface area contributed by atoms with Gasteiger partial charge in [-0.3, -0.25) is 0 Å². The second-order valence-corrected chi connectivity index (χ2v) is 7.09. The van der Waals surface area contributed by atoms with Gasteiger partial charge >= 0.3 is 7.12 Å². The molecule has 1 saturated heterocycles. The first-order chi connectivity index (χ1) is 7.74. The SMILES string of the molecule is CC1(C)OB([C@@H](N)c2sccc2Br)OC1(C)C. The van der Waals surface area contributed by atoms with Gasteiger partial charge in [-0.05, 0) is 55.1 Å². The molecule has 0 spiro atoms. The van der Waals surface area contributed by atoms with Crippen LogP contribution < -0.4 is 5.73 Å². The van der Waals surface area contributed by atoms with Gasteiger partial charge in [0, 0.05) is 9.35 Å². The molecule has 1 aliphatic rings. The Labute approximate surface area is 115 Å². The third-order valence-electron chi connectivity index (χ3n) is 3.51. The minimum Gasteiger partial charge on any atom is -0.402 e. The zero-order valence-corrected chi connectivity index (χ0v) is 12.9. The van der Waals surface area contributed by atoms with E-state index in [0.29, 0.717) is 0 Å². The van der Waals surface area contributed by atoms with Gasteiger partial charge in [-0.25, -0.2) is 0 Å². The molecule has 0 saturated carbocycles. The fourth-order valence-electron chi connectivity index (χ4n) is 1.70. The van der Waals surface area contributed by atoms with Gasteiger partial charge < -0.3 is 15.0 Å². The van der Waals surface area contributed by atoms with E-state index in [1.807, 2.05) is 39.1 Å². The summed E-state index contributed by atoms with van der Waals surface area (Å²) in [4.78, 5) is 1.06. The summed E-state index contributed by atoms with van der Waals surface area (Å²) in [5.41, 5.74) is 5.55. The van der Waals surface area contributed by atoms with Crippen LogP contribution in [0.25, 0.3) is 0 Å². The second-order valence-electron chi connectivity index (χ2n) is 5.28. The van der Waals surface area contributed by atoms with Crippen molar-refractivity contribution in [3.63, 3.8) is 0 Å². The molecular weight excluding hydrogens is 301 g/mol. The second kappa shape index (κ2) is 4.35. The van der Waals surface area contributed by atoms with Gasteiger partial charge in [0.05, 0.1) is 17.1 Å². The molecule has 1 aromatic heterocycles. The van der Waals surface area contributed by atoms with Crippen LogP contribution in [0.5, 0.6) is 0 Å². The summed E-state index contributed by atoms with van der Waals surface area (Å²) in [7, 11) is -0.394. The van der Waals surface area contributed by atoms with E-state index in [1.54, 1.807) is 11.3 Å². The van der Waals surface area contributed by atoms with Gasteiger partial charge in [0.25, 0.3) is 0 Å². The highest BCUT2D eigenvalue weighted by atomic mass is 79.9. The summed E-state index contributed by atoms with van der Waals surface area (Å²) in [6.07, 6.45) is 0. The molecule has 0 amide bonds. The Morgan fingerprint density at radius 3 is 2.24 bits per heavy atom. The third kappa shape index (κ3) is 2.33. The molecule has 1 fully saturated rings. The normalized spacial score (nSPS) is 24.0. The summed E-state index contributed by atoms with van der Waals surface area (Å²) >= 11 is 5.10. The molecule has 1 aliphatic heterocycles. The van der Waals surface area contributed by atoms with Crippen LogP contribution >= 0.6 is 27.3 Å². The predicted molar refractivity (Wildman–Crippen MR) is 75.0 cm³/mol. The molecule has 2 rings (SSSR count). The Kier molecular flexibility index (Phi) is 3.47. The van der Waals surface area contributed by atoms with Gasteiger partial charge in [-0.2, -0.15) is 0 Å². The summed E-state index contributed by atoms with van der Waals surface area (Å²) in [5.74, 6) is -0.259. The fraction of sp³-hybridized carbons (Fsp3) is 0.636. The molecule has 1 atom stereocenters. The van der Waals surface area contributed by atoms with Gasteiger partial charge in [0.15, 0.2) is 0 Å². The Balaban J connectivity index is 2.19. The monoisotopic (exact) mass is 317 g/mol. The molecule has 0 aliphatic carbocycles. The molecule has 6 heteroatoms. The Hall–Kier alpha value is 0.125. The molecule has 0 radical (unpaired) electrons. The topological polar surface area (TPSA) is 44.5 Å². The van der Waals surface area contributed by atoms with E-state index in [0.717, 1.165) is 9.35 Å². The zero-order valence-electron chi connectivity index (χ0n) is 10.5. The lowest BCUT2D eigenvalue weighted by Gasteiger charge is -2.32. The number of nitrogens with two attached hydrogens (primary N) is 1. The molecule has 0 bridgehead atoms. The molecule has 3 nitrogen and oxygen atoms in total. The fourth-order valence-corrected chi connectivity index (χ4v) is 3.35. The van der Waals surface area contributed by atoms with Crippen molar-refractivity contribution >= 4 is 34.4 Å². The maximum Gasteiger partial charge on any atom is 0.481 e. The Bertz CT molecular complexity index is 405. The molecule has 0 unspecified atom stereocenters. The minimum absolute atomic E-state index is 0.259. The van der Waals surface area contributed by atoms with E-state index in [-0.39, 0.29) is 17.1 Å². The Morgan fingerprint density at radius 2 is 1.82 bits per heavy atom. The van der Waals surface area contributed by atoms with Gasteiger partial charge in [-0.1, -0.05) is 0 Å². The maximum atomic E-state index is 6.22. The van der Waals surface area contributed by atoms with Crippen molar-refractivity contribution in [2.24, 2.45) is 5.73 Å². The van der Waals surface area contributed by atoms with Crippen molar-refractivity contribution in [1.82, 2.24) is 0 Å². The Morgan fingerprint density at radius 1 is 1.29 bits per heavy atom. The van der Waals surface area contributed by atoms with Crippen molar-refractivity contribution in [3.8, 4) is 0 Å². The van der Waals surface area contributed by atoms with Crippen LogP contribution in [0.2, 0.25) is 0 Å². The lowest BCUT2D eigenvalue weighted by Crippen LogP contribution is -2.41. The highest BCUT2D eigenvalue weighted by molar-refractivity contribution is 9.10. The summed E-state index contributed by atoms with van der Waals surface area (Å²) in [6.45, 7) is 8.12. The average molecular weight is 318 g/mol. The van der Waals surface area contributed by atoms with Crippen molar-refractivity contribution < 1.29 is 9.31 Å². The van der Waals surface area contributed by atoms with Gasteiger partial charge in [0.2, 0.25) is 0 Å². The number of halogens is 1. The molecule has 0 aromatic carbocycles. The van der Waals surface area contributed by atoms with Gasteiger partial charge in [-0.15, -0.1) is 11.3 Å². The van der Waals surface area contributed by atoms with Crippen LogP contribution in [0.4, 0.5) is 0 Å². The van der Waals surface area contributed by atoms with Gasteiger partial charge in [0.1, 0.15) is 0 Å². The van der Waals surface area contributed by atoms with E-state index in [9.17, 15) is 0 Å². The first-order valence-electron chi connectivity index (χ1n) is 5.59. The summed E-state index contributed by atoms with van der Waals surface area (Å²) in [6, 6.07) is 1.99. The average Bonchev–Trinajstić information content (AvgIpc) is 2.68. The molecule has 94 valence electrons.